The van der Waals surface area contributed by atoms with Gasteiger partial charge in [0.1, 0.15) is 11.2 Å². The van der Waals surface area contributed by atoms with Gasteiger partial charge in [-0.15, -0.1) is 0 Å². The summed E-state index contributed by atoms with van der Waals surface area (Å²) in [6.07, 6.45) is 0. The monoisotopic (exact) mass is 880 g/mol. The Balaban J connectivity index is 0.944. The Morgan fingerprint density at radius 3 is 1.36 bits per heavy atom. The van der Waals surface area contributed by atoms with E-state index in [1.54, 1.807) is 0 Å². The molecule has 0 aliphatic rings. The predicted octanol–water partition coefficient (Wildman–Crippen LogP) is 18.5. The van der Waals surface area contributed by atoms with Crippen LogP contribution >= 0.6 is 0 Å². The third-order valence-electron chi connectivity index (χ3n) is 13.7. The van der Waals surface area contributed by atoms with Crippen molar-refractivity contribution in [2.24, 2.45) is 0 Å². The Labute approximate surface area is 401 Å². The van der Waals surface area contributed by atoms with Gasteiger partial charge in [-0.1, -0.05) is 212 Å². The maximum Gasteiger partial charge on any atom is 0.143 e. The molecule has 0 amide bonds. The quantitative estimate of drug-likeness (QED) is 0.144. The summed E-state index contributed by atoms with van der Waals surface area (Å²) in [6.45, 7) is 0. The Kier molecular flexibility index (Phi) is 9.84. The molecular formula is C66H44N2O. The zero-order valence-electron chi connectivity index (χ0n) is 37.7. The minimum absolute atomic E-state index is 0.897. The van der Waals surface area contributed by atoms with E-state index in [2.05, 4.69) is 264 Å². The van der Waals surface area contributed by atoms with Crippen molar-refractivity contribution in [1.29, 1.82) is 0 Å². The average molecular weight is 881 g/mol. The topological polar surface area (TPSA) is 21.3 Å². The highest BCUT2D eigenvalue weighted by atomic mass is 16.3. The van der Waals surface area contributed by atoms with Crippen LogP contribution in [0.5, 0.6) is 0 Å². The molecule has 0 radical (unpaired) electrons. The Hall–Kier alpha value is -9.18. The summed E-state index contributed by atoms with van der Waals surface area (Å²) in [6, 6.07) is 96.1. The van der Waals surface area contributed by atoms with Gasteiger partial charge in [0, 0.05) is 49.6 Å². The zero-order valence-corrected chi connectivity index (χ0v) is 37.7. The first-order valence-corrected chi connectivity index (χ1v) is 23.6. The number of para-hydroxylation sites is 6. The lowest BCUT2D eigenvalue weighted by atomic mass is 9.92. The Morgan fingerprint density at radius 2 is 0.710 bits per heavy atom. The molecule has 3 heteroatoms. The van der Waals surface area contributed by atoms with Crippen LogP contribution in [0.25, 0.3) is 105 Å². The first-order valence-electron chi connectivity index (χ1n) is 23.6. The van der Waals surface area contributed by atoms with E-state index in [4.69, 9.17) is 4.42 Å². The largest absolute Gasteiger partial charge is 0.455 e. The molecule has 0 saturated carbocycles. The summed E-state index contributed by atoms with van der Waals surface area (Å²) in [5.41, 5.74) is 20.0. The number of fused-ring (bicyclic) bond motifs is 6. The highest BCUT2D eigenvalue weighted by Crippen LogP contribution is 2.46. The number of hydrogen-bond acceptors (Lipinski definition) is 2. The standard InChI is InChI=1S/C66H44N2O/c1-2-19-45(20-3-1)50-21-4-6-23-53(50)55-25-8-13-32-61(55)67(49-43-39-47(40-44-49)52-30-18-31-60-59-29-12-17-36-65(59)69-66(52)60)48-41-37-46(38-42-48)51-22-5-7-24-54(51)56-26-9-14-33-62(56)68-63-34-15-10-27-57(63)58-28-11-16-35-64(58)68/h1-44H. The van der Waals surface area contributed by atoms with Crippen LogP contribution in [0.3, 0.4) is 0 Å². The van der Waals surface area contributed by atoms with E-state index in [0.717, 1.165) is 66.9 Å². The van der Waals surface area contributed by atoms with Crippen molar-refractivity contribution in [2.75, 3.05) is 4.90 Å². The molecular weight excluding hydrogens is 837 g/mol. The van der Waals surface area contributed by atoms with E-state index in [1.165, 1.54) is 55.2 Å². The van der Waals surface area contributed by atoms with Gasteiger partial charge >= 0.3 is 0 Å². The van der Waals surface area contributed by atoms with Gasteiger partial charge in [-0.25, -0.2) is 0 Å². The summed E-state index contributed by atoms with van der Waals surface area (Å²) in [5.74, 6) is 0. The Bertz CT molecular complexity index is 3960. The summed E-state index contributed by atoms with van der Waals surface area (Å²) >= 11 is 0. The molecule has 0 aliphatic heterocycles. The van der Waals surface area contributed by atoms with Crippen LogP contribution in [0.1, 0.15) is 0 Å². The van der Waals surface area contributed by atoms with Gasteiger partial charge in [0.05, 0.1) is 22.4 Å². The molecule has 13 rings (SSSR count). The minimum atomic E-state index is 0.897. The third kappa shape index (κ3) is 6.91. The van der Waals surface area contributed by atoms with E-state index in [0.29, 0.717) is 0 Å². The molecule has 3 nitrogen and oxygen atoms in total. The van der Waals surface area contributed by atoms with Gasteiger partial charge in [0.15, 0.2) is 0 Å². The van der Waals surface area contributed by atoms with Gasteiger partial charge in [-0.3, -0.25) is 0 Å². The lowest BCUT2D eigenvalue weighted by Gasteiger charge is -2.29. The van der Waals surface area contributed by atoms with E-state index in [9.17, 15) is 0 Å². The molecule has 2 heterocycles. The van der Waals surface area contributed by atoms with Crippen LogP contribution in [0.15, 0.2) is 271 Å². The number of hydrogen-bond donors (Lipinski definition) is 0. The molecule has 0 atom stereocenters. The molecule has 0 bridgehead atoms. The minimum Gasteiger partial charge on any atom is -0.455 e. The molecule has 69 heavy (non-hydrogen) atoms. The molecule has 0 saturated heterocycles. The highest BCUT2D eigenvalue weighted by Gasteiger charge is 2.22. The molecule has 0 unspecified atom stereocenters. The molecule has 324 valence electrons. The Morgan fingerprint density at radius 1 is 0.275 bits per heavy atom. The summed E-state index contributed by atoms with van der Waals surface area (Å²) in [4.78, 5) is 2.40. The average Bonchev–Trinajstić information content (AvgIpc) is 3.98. The van der Waals surface area contributed by atoms with Gasteiger partial charge in [-0.2, -0.15) is 0 Å². The second-order valence-corrected chi connectivity index (χ2v) is 17.6. The van der Waals surface area contributed by atoms with Crippen LogP contribution in [0, 0.1) is 0 Å². The summed E-state index contributed by atoms with van der Waals surface area (Å²) in [5, 5.41) is 4.75. The van der Waals surface area contributed by atoms with E-state index in [-0.39, 0.29) is 0 Å². The maximum atomic E-state index is 6.50. The van der Waals surface area contributed by atoms with Gasteiger partial charge < -0.3 is 13.9 Å². The number of benzene rings is 11. The summed E-state index contributed by atoms with van der Waals surface area (Å²) in [7, 11) is 0. The first kappa shape index (κ1) is 40.1. The zero-order chi connectivity index (χ0) is 45.7. The van der Waals surface area contributed by atoms with Crippen molar-refractivity contribution in [1.82, 2.24) is 4.57 Å². The van der Waals surface area contributed by atoms with E-state index in [1.807, 2.05) is 12.1 Å². The SMILES string of the molecule is c1ccc(-c2ccccc2-c2ccccc2N(c2ccc(-c3ccccc3-c3ccccc3-n3c4ccccc4c4ccccc43)cc2)c2ccc(-c3cccc4c3oc3ccccc34)cc2)cc1. The third-order valence-corrected chi connectivity index (χ3v) is 13.7. The van der Waals surface area contributed by atoms with Crippen LogP contribution in [0.4, 0.5) is 17.1 Å². The van der Waals surface area contributed by atoms with Crippen LogP contribution in [0.2, 0.25) is 0 Å². The molecule has 0 spiro atoms. The van der Waals surface area contributed by atoms with E-state index < -0.39 is 0 Å². The molecule has 11 aromatic carbocycles. The van der Waals surface area contributed by atoms with Crippen LogP contribution in [-0.2, 0) is 0 Å². The highest BCUT2D eigenvalue weighted by molar-refractivity contribution is 6.11. The van der Waals surface area contributed by atoms with E-state index >= 15 is 0 Å². The van der Waals surface area contributed by atoms with Crippen molar-refractivity contribution in [2.45, 2.75) is 0 Å². The van der Waals surface area contributed by atoms with Crippen LogP contribution < -0.4 is 4.90 Å². The normalized spacial score (nSPS) is 11.5. The van der Waals surface area contributed by atoms with Crippen molar-refractivity contribution in [3.63, 3.8) is 0 Å². The molecule has 2 aromatic heterocycles. The molecule has 0 aliphatic carbocycles. The van der Waals surface area contributed by atoms with Crippen molar-refractivity contribution in [3.05, 3.63) is 267 Å². The fourth-order valence-electron chi connectivity index (χ4n) is 10.5. The van der Waals surface area contributed by atoms with Crippen molar-refractivity contribution < 1.29 is 4.42 Å². The fraction of sp³-hybridized carbons (Fsp3) is 0. The van der Waals surface area contributed by atoms with Gasteiger partial charge in [-0.05, 0) is 93.5 Å². The van der Waals surface area contributed by atoms with Gasteiger partial charge in [0.2, 0.25) is 0 Å². The second-order valence-electron chi connectivity index (χ2n) is 17.6. The second kappa shape index (κ2) is 16.9. The maximum absolute atomic E-state index is 6.50. The lowest BCUT2D eigenvalue weighted by Crippen LogP contribution is -2.11. The molecule has 0 fully saturated rings. The molecule has 0 N–H and O–H groups in total. The number of rotatable bonds is 9. The number of furan rings is 1. The fourth-order valence-corrected chi connectivity index (χ4v) is 10.5. The van der Waals surface area contributed by atoms with Crippen molar-refractivity contribution >= 4 is 60.8 Å². The van der Waals surface area contributed by atoms with Crippen molar-refractivity contribution in [3.8, 4) is 61.3 Å². The van der Waals surface area contributed by atoms with Gasteiger partial charge in [0.25, 0.3) is 0 Å². The van der Waals surface area contributed by atoms with Crippen LogP contribution in [-0.4, -0.2) is 4.57 Å². The molecule has 13 aromatic rings. The first-order chi connectivity index (χ1) is 34.3. The number of nitrogens with zero attached hydrogens (tertiary/aromatic N) is 2. The smallest absolute Gasteiger partial charge is 0.143 e. The number of anilines is 3. The predicted molar refractivity (Wildman–Crippen MR) is 290 cm³/mol. The number of aromatic nitrogens is 1. The summed E-state index contributed by atoms with van der Waals surface area (Å²) < 4.78 is 8.92. The lowest BCUT2D eigenvalue weighted by molar-refractivity contribution is 0.670.